The zero-order chi connectivity index (χ0) is 24.2. The van der Waals surface area contributed by atoms with Crippen LogP contribution in [0, 0.1) is 11.7 Å². The molecule has 4 nitrogen and oxygen atoms in total. The second kappa shape index (κ2) is 10.9. The quantitative estimate of drug-likeness (QED) is 0.329. The number of halogens is 2. The maximum absolute atomic E-state index is 15.0. The number of hydrogen-bond donors (Lipinski definition) is 0. The first kappa shape index (κ1) is 24.7. The number of carbonyl (C=O) groups excluding carboxylic acids is 2. The van der Waals surface area contributed by atoms with Gasteiger partial charge < -0.3 is 4.74 Å². The predicted octanol–water partition coefficient (Wildman–Crippen LogP) is 6.35. The van der Waals surface area contributed by atoms with Crippen molar-refractivity contribution in [3.05, 3.63) is 81.8 Å². The van der Waals surface area contributed by atoms with Crippen LogP contribution < -0.4 is 0 Å². The van der Waals surface area contributed by atoms with Crippen molar-refractivity contribution in [1.82, 2.24) is 0 Å². The van der Waals surface area contributed by atoms with Crippen LogP contribution in [-0.2, 0) is 14.3 Å². The Kier molecular flexibility index (Phi) is 7.89. The molecule has 0 saturated carbocycles. The van der Waals surface area contributed by atoms with Gasteiger partial charge in [0, 0.05) is 40.1 Å². The molecule has 0 bridgehead atoms. The van der Waals surface area contributed by atoms with E-state index in [1.54, 1.807) is 36.9 Å². The fourth-order valence-corrected chi connectivity index (χ4v) is 5.45. The summed E-state index contributed by atoms with van der Waals surface area (Å²) in [5.74, 6) is -1.03. The summed E-state index contributed by atoms with van der Waals surface area (Å²) in [7, 11) is 0. The molecule has 0 amide bonds. The highest BCUT2D eigenvalue weighted by Crippen LogP contribution is 2.47. The maximum atomic E-state index is 15.0. The molecule has 2 aromatic rings. The number of ether oxygens (including phenoxy) is 1. The van der Waals surface area contributed by atoms with Crippen molar-refractivity contribution in [2.24, 2.45) is 10.9 Å². The zero-order valence-electron chi connectivity index (χ0n) is 19.2. The number of hydrogen-bond acceptors (Lipinski definition) is 5. The number of benzene rings is 2. The van der Waals surface area contributed by atoms with Gasteiger partial charge in [0.15, 0.2) is 5.78 Å². The fourth-order valence-electron chi connectivity index (χ4n) is 4.83. The Balaban J connectivity index is 1.72. The van der Waals surface area contributed by atoms with E-state index < -0.39 is 23.6 Å². The Morgan fingerprint density at radius 3 is 2.62 bits per heavy atom. The highest BCUT2D eigenvalue weighted by atomic mass is 35.5. The molecular weight excluding hydrogens is 473 g/mol. The Morgan fingerprint density at radius 2 is 1.91 bits per heavy atom. The molecule has 7 heteroatoms. The number of thioether (sulfide) groups is 1. The normalized spacial score (nSPS) is 22.3. The number of aliphatic imine (C=N–C) groups is 1. The molecule has 1 unspecified atom stereocenters. The molecule has 178 valence electrons. The first-order valence-electron chi connectivity index (χ1n) is 11.5. The van der Waals surface area contributed by atoms with Crippen molar-refractivity contribution in [1.29, 1.82) is 0 Å². The van der Waals surface area contributed by atoms with Crippen LogP contribution in [0.25, 0.3) is 0 Å². The third-order valence-electron chi connectivity index (χ3n) is 6.40. The standard InChI is InChI=1S/C27H27ClFNO3S/c1-3-34-13-12-33-27(32)24-16(2)30-22-14-18(17-8-10-19(28)11-9-17)15-23(31)26(22)25(24)20-6-4-5-7-21(20)29/h4-11,18,24-25H,3,12-15H2,1-2H3/t18-,24?,25+/m0/s1. The SMILES string of the molecule is CCSCCOC(=O)C1C(C)=NC2=C(C(=O)C[C@@H](c3ccc(Cl)cc3)C2)[C@@H]1c1ccccc1F. The van der Waals surface area contributed by atoms with Crippen LogP contribution >= 0.6 is 23.4 Å². The summed E-state index contributed by atoms with van der Waals surface area (Å²) in [5.41, 5.74) is 2.95. The van der Waals surface area contributed by atoms with E-state index in [9.17, 15) is 9.59 Å². The molecule has 0 spiro atoms. The van der Waals surface area contributed by atoms with E-state index in [2.05, 4.69) is 0 Å². The molecule has 0 fully saturated rings. The van der Waals surface area contributed by atoms with Gasteiger partial charge in [-0.15, -0.1) is 0 Å². The molecular formula is C27H27ClFNO3S. The fraction of sp³-hybridized carbons (Fsp3) is 0.370. The molecule has 2 aliphatic rings. The van der Waals surface area contributed by atoms with Crippen molar-refractivity contribution in [2.45, 2.75) is 38.5 Å². The first-order chi connectivity index (χ1) is 16.4. The number of esters is 1. The van der Waals surface area contributed by atoms with Gasteiger partial charge in [-0.25, -0.2) is 4.39 Å². The molecule has 1 heterocycles. The van der Waals surface area contributed by atoms with Crippen molar-refractivity contribution in [3.8, 4) is 0 Å². The molecule has 34 heavy (non-hydrogen) atoms. The van der Waals surface area contributed by atoms with Gasteiger partial charge in [0.25, 0.3) is 0 Å². The monoisotopic (exact) mass is 499 g/mol. The number of Topliss-reactive ketones (excluding diaryl/α,β-unsaturated/α-hetero) is 1. The van der Waals surface area contributed by atoms with Gasteiger partial charge >= 0.3 is 5.97 Å². The van der Waals surface area contributed by atoms with Gasteiger partial charge in [-0.05, 0) is 54.3 Å². The van der Waals surface area contributed by atoms with Gasteiger partial charge in [-0.1, -0.05) is 48.9 Å². The second-order valence-corrected chi connectivity index (χ2v) is 10.4. The van der Waals surface area contributed by atoms with E-state index in [1.165, 1.54) is 6.07 Å². The lowest BCUT2D eigenvalue weighted by Crippen LogP contribution is -2.38. The minimum atomic E-state index is -0.835. The number of rotatable bonds is 7. The van der Waals surface area contributed by atoms with Gasteiger partial charge in [0.05, 0.1) is 0 Å². The molecule has 2 aromatic carbocycles. The molecule has 0 N–H and O–H groups in total. The average Bonchev–Trinajstić information content (AvgIpc) is 2.81. The largest absolute Gasteiger partial charge is 0.464 e. The van der Waals surface area contributed by atoms with Crippen LogP contribution in [0.4, 0.5) is 4.39 Å². The van der Waals surface area contributed by atoms with E-state index in [1.807, 2.05) is 31.2 Å². The summed E-state index contributed by atoms with van der Waals surface area (Å²) in [6.45, 7) is 4.07. The minimum Gasteiger partial charge on any atom is -0.464 e. The Labute approximate surface area is 208 Å². The highest BCUT2D eigenvalue weighted by Gasteiger charge is 2.45. The number of ketones is 1. The highest BCUT2D eigenvalue weighted by molar-refractivity contribution is 7.99. The van der Waals surface area contributed by atoms with Crippen molar-refractivity contribution in [2.75, 3.05) is 18.1 Å². The number of nitrogens with zero attached hydrogens (tertiary/aromatic N) is 1. The summed E-state index contributed by atoms with van der Waals surface area (Å²) in [4.78, 5) is 31.4. The van der Waals surface area contributed by atoms with E-state index >= 15 is 4.39 Å². The third-order valence-corrected chi connectivity index (χ3v) is 7.52. The Hall–Kier alpha value is -2.44. The lowest BCUT2D eigenvalue weighted by molar-refractivity contribution is -0.145. The maximum Gasteiger partial charge on any atom is 0.315 e. The third kappa shape index (κ3) is 5.13. The summed E-state index contributed by atoms with van der Waals surface area (Å²) in [6, 6.07) is 13.8. The summed E-state index contributed by atoms with van der Waals surface area (Å²) in [6.07, 6.45) is 0.814. The van der Waals surface area contributed by atoms with E-state index in [4.69, 9.17) is 21.3 Å². The van der Waals surface area contributed by atoms with Crippen LogP contribution in [0.3, 0.4) is 0 Å². The first-order valence-corrected chi connectivity index (χ1v) is 13.0. The second-order valence-electron chi connectivity index (χ2n) is 8.53. The molecule has 4 rings (SSSR count). The topological polar surface area (TPSA) is 55.7 Å². The Bertz CT molecular complexity index is 1140. The van der Waals surface area contributed by atoms with Crippen molar-refractivity contribution >= 4 is 40.8 Å². The van der Waals surface area contributed by atoms with Crippen molar-refractivity contribution in [3.63, 3.8) is 0 Å². The van der Waals surface area contributed by atoms with Gasteiger partial charge in [-0.3, -0.25) is 14.6 Å². The molecule has 1 aliphatic heterocycles. The van der Waals surface area contributed by atoms with Crippen LogP contribution in [0.15, 0.2) is 64.8 Å². The van der Waals surface area contributed by atoms with Crippen LogP contribution in [0.2, 0.25) is 5.02 Å². The van der Waals surface area contributed by atoms with Crippen LogP contribution in [0.5, 0.6) is 0 Å². The minimum absolute atomic E-state index is 0.0455. The van der Waals surface area contributed by atoms with Crippen LogP contribution in [-0.4, -0.2) is 35.6 Å². The summed E-state index contributed by atoms with van der Waals surface area (Å²) >= 11 is 7.71. The van der Waals surface area contributed by atoms with Crippen LogP contribution in [0.1, 0.15) is 49.7 Å². The number of allylic oxidation sites excluding steroid dienone is 2. The van der Waals surface area contributed by atoms with E-state index in [-0.39, 0.29) is 24.7 Å². The molecule has 3 atom stereocenters. The molecule has 0 saturated heterocycles. The molecule has 1 aliphatic carbocycles. The van der Waals surface area contributed by atoms with E-state index in [0.717, 1.165) is 11.3 Å². The van der Waals surface area contributed by atoms with Gasteiger partial charge in [0.2, 0.25) is 0 Å². The number of carbonyl (C=O) groups is 2. The molecule has 0 aromatic heterocycles. The molecule has 0 radical (unpaired) electrons. The van der Waals surface area contributed by atoms with Gasteiger partial charge in [0.1, 0.15) is 18.3 Å². The lowest BCUT2D eigenvalue weighted by atomic mass is 9.69. The Morgan fingerprint density at radius 1 is 1.18 bits per heavy atom. The van der Waals surface area contributed by atoms with Gasteiger partial charge in [-0.2, -0.15) is 11.8 Å². The summed E-state index contributed by atoms with van der Waals surface area (Å²) < 4.78 is 20.6. The van der Waals surface area contributed by atoms with E-state index in [0.29, 0.717) is 39.7 Å². The summed E-state index contributed by atoms with van der Waals surface area (Å²) in [5, 5.41) is 0.635. The smallest absolute Gasteiger partial charge is 0.315 e. The lowest BCUT2D eigenvalue weighted by Gasteiger charge is -2.36. The average molecular weight is 500 g/mol. The predicted molar refractivity (Wildman–Crippen MR) is 135 cm³/mol. The van der Waals surface area contributed by atoms with Crippen molar-refractivity contribution < 1.29 is 18.7 Å². The zero-order valence-corrected chi connectivity index (χ0v) is 20.8.